The monoisotopic (exact) mass is 217 g/mol. The third-order valence-corrected chi connectivity index (χ3v) is 2.30. The molecule has 2 heteroatoms. The van der Waals surface area contributed by atoms with Crippen molar-refractivity contribution >= 4 is 5.78 Å². The van der Waals surface area contributed by atoms with Crippen molar-refractivity contribution in [2.24, 2.45) is 0 Å². The highest BCUT2D eigenvalue weighted by molar-refractivity contribution is 5.92. The quantitative estimate of drug-likeness (QED) is 0.759. The van der Waals surface area contributed by atoms with Crippen LogP contribution in [0.2, 0.25) is 0 Å². The molecule has 0 aromatic heterocycles. The normalized spacial score (nSPS) is 15.5. The largest absolute Gasteiger partial charge is 0.293 e. The Bertz CT molecular complexity index is 343. The third-order valence-electron chi connectivity index (χ3n) is 2.30. The first-order valence-electron chi connectivity index (χ1n) is 5.80. The highest BCUT2D eigenvalue weighted by Gasteiger charge is 2.11. The minimum absolute atomic E-state index is 0.201. The van der Waals surface area contributed by atoms with Gasteiger partial charge >= 0.3 is 0 Å². The van der Waals surface area contributed by atoms with Gasteiger partial charge in [-0.25, -0.2) is 0 Å². The molecule has 0 bridgehead atoms. The van der Waals surface area contributed by atoms with Gasteiger partial charge in [0.2, 0.25) is 0 Å². The number of hydrogen-bond donors (Lipinski definition) is 0. The van der Waals surface area contributed by atoms with E-state index in [0.717, 1.165) is 13.1 Å². The molecule has 1 aliphatic rings. The smallest absolute Gasteiger partial charge is 0.169 e. The fraction of sp³-hybridized carbons (Fsp3) is 0.357. The molecule has 16 heavy (non-hydrogen) atoms. The summed E-state index contributed by atoms with van der Waals surface area (Å²) in [6.07, 6.45) is 3.59. The summed E-state index contributed by atoms with van der Waals surface area (Å²) in [5.41, 5.74) is 1.26. The number of nitrogens with zero attached hydrogens (tertiary/aromatic N) is 1. The number of carbonyl (C=O) groups excluding carboxylic acids is 1. The maximum Gasteiger partial charge on any atom is 0.169 e. The summed E-state index contributed by atoms with van der Waals surface area (Å²) >= 11 is 0. The molecule has 1 heterocycles. The standard InChI is InChI=1S/C12H13NO.C2H6/c14-12-7-4-8-13(10-12)9-11-5-2-1-3-6-11;1-2/h1-7H,8-10H2;1-2H3. The molecule has 0 spiro atoms. The van der Waals surface area contributed by atoms with E-state index in [-0.39, 0.29) is 5.78 Å². The third kappa shape index (κ3) is 3.99. The summed E-state index contributed by atoms with van der Waals surface area (Å²) in [5.74, 6) is 0.201. The van der Waals surface area contributed by atoms with Crippen LogP contribution in [-0.2, 0) is 11.3 Å². The molecule has 0 radical (unpaired) electrons. The van der Waals surface area contributed by atoms with Gasteiger partial charge in [-0.05, 0) is 11.6 Å². The summed E-state index contributed by atoms with van der Waals surface area (Å²) in [6, 6.07) is 10.2. The highest BCUT2D eigenvalue weighted by Crippen LogP contribution is 2.06. The summed E-state index contributed by atoms with van der Waals surface area (Å²) in [6.45, 7) is 6.28. The van der Waals surface area contributed by atoms with Crippen LogP contribution in [0.15, 0.2) is 42.5 Å². The van der Waals surface area contributed by atoms with E-state index in [1.54, 1.807) is 6.08 Å². The number of carbonyl (C=O) groups is 1. The van der Waals surface area contributed by atoms with Gasteiger partial charge in [-0.3, -0.25) is 9.69 Å². The molecule has 0 aliphatic carbocycles. The molecule has 0 atom stereocenters. The van der Waals surface area contributed by atoms with Crippen molar-refractivity contribution in [1.29, 1.82) is 0 Å². The molecule has 2 rings (SSSR count). The molecule has 0 unspecified atom stereocenters. The van der Waals surface area contributed by atoms with Gasteiger partial charge in [0, 0.05) is 13.1 Å². The van der Waals surface area contributed by atoms with Crippen LogP contribution in [0.4, 0.5) is 0 Å². The van der Waals surface area contributed by atoms with Gasteiger partial charge in [-0.15, -0.1) is 0 Å². The maximum atomic E-state index is 11.1. The molecule has 0 fully saturated rings. The van der Waals surface area contributed by atoms with E-state index in [9.17, 15) is 4.79 Å². The van der Waals surface area contributed by atoms with E-state index in [4.69, 9.17) is 0 Å². The first-order valence-corrected chi connectivity index (χ1v) is 5.80. The molecule has 1 aromatic carbocycles. The zero-order valence-electron chi connectivity index (χ0n) is 10.0. The van der Waals surface area contributed by atoms with E-state index in [0.29, 0.717) is 6.54 Å². The van der Waals surface area contributed by atoms with Crippen LogP contribution in [0.3, 0.4) is 0 Å². The first-order chi connectivity index (χ1) is 7.84. The molecule has 0 saturated carbocycles. The molecule has 0 N–H and O–H groups in total. The van der Waals surface area contributed by atoms with Crippen molar-refractivity contribution in [2.45, 2.75) is 20.4 Å². The van der Waals surface area contributed by atoms with E-state index in [1.807, 2.05) is 38.1 Å². The van der Waals surface area contributed by atoms with Crippen molar-refractivity contribution in [3.8, 4) is 0 Å². The summed E-state index contributed by atoms with van der Waals surface area (Å²) < 4.78 is 0. The Labute approximate surface area is 97.6 Å². The summed E-state index contributed by atoms with van der Waals surface area (Å²) in [5, 5.41) is 0. The minimum Gasteiger partial charge on any atom is -0.293 e. The Balaban J connectivity index is 0.000000606. The lowest BCUT2D eigenvalue weighted by Gasteiger charge is -2.21. The van der Waals surface area contributed by atoms with Gasteiger partial charge in [-0.2, -0.15) is 0 Å². The summed E-state index contributed by atoms with van der Waals surface area (Å²) in [7, 11) is 0. The van der Waals surface area contributed by atoms with Crippen molar-refractivity contribution in [3.63, 3.8) is 0 Å². The second-order valence-corrected chi connectivity index (χ2v) is 3.52. The first kappa shape index (κ1) is 12.7. The van der Waals surface area contributed by atoms with Gasteiger partial charge in [0.05, 0.1) is 6.54 Å². The van der Waals surface area contributed by atoms with Crippen LogP contribution >= 0.6 is 0 Å². The molecular weight excluding hydrogens is 198 g/mol. The Morgan fingerprint density at radius 2 is 1.88 bits per heavy atom. The number of rotatable bonds is 2. The summed E-state index contributed by atoms with van der Waals surface area (Å²) in [4.78, 5) is 13.3. The molecule has 0 saturated heterocycles. The molecule has 1 aliphatic heterocycles. The van der Waals surface area contributed by atoms with Crippen LogP contribution in [0.5, 0.6) is 0 Å². The van der Waals surface area contributed by atoms with Crippen molar-refractivity contribution < 1.29 is 4.79 Å². The molecule has 0 amide bonds. The van der Waals surface area contributed by atoms with E-state index >= 15 is 0 Å². The zero-order chi connectivity index (χ0) is 11.8. The van der Waals surface area contributed by atoms with E-state index in [2.05, 4.69) is 17.0 Å². The topological polar surface area (TPSA) is 20.3 Å². The van der Waals surface area contributed by atoms with Crippen LogP contribution in [0.1, 0.15) is 19.4 Å². The molecule has 1 aromatic rings. The van der Waals surface area contributed by atoms with E-state index < -0.39 is 0 Å². The Kier molecular flexibility index (Phi) is 5.51. The maximum absolute atomic E-state index is 11.1. The number of hydrogen-bond acceptors (Lipinski definition) is 2. The van der Waals surface area contributed by atoms with Crippen molar-refractivity contribution in [3.05, 3.63) is 48.0 Å². The van der Waals surface area contributed by atoms with Gasteiger partial charge in [0.1, 0.15) is 0 Å². The predicted octanol–water partition coefficient (Wildman–Crippen LogP) is 2.65. The second-order valence-electron chi connectivity index (χ2n) is 3.52. The Morgan fingerprint density at radius 3 is 2.50 bits per heavy atom. The molecule has 2 nitrogen and oxygen atoms in total. The Morgan fingerprint density at radius 1 is 1.19 bits per heavy atom. The predicted molar refractivity (Wildman–Crippen MR) is 67.2 cm³/mol. The van der Waals surface area contributed by atoms with Crippen LogP contribution in [-0.4, -0.2) is 23.8 Å². The molecular formula is C14H19NO. The average molecular weight is 217 g/mol. The number of ketones is 1. The van der Waals surface area contributed by atoms with E-state index in [1.165, 1.54) is 5.56 Å². The lowest BCUT2D eigenvalue weighted by atomic mass is 10.2. The fourth-order valence-electron chi connectivity index (χ4n) is 1.63. The van der Waals surface area contributed by atoms with Crippen molar-refractivity contribution in [1.82, 2.24) is 4.90 Å². The number of benzene rings is 1. The fourth-order valence-corrected chi connectivity index (χ4v) is 1.63. The zero-order valence-corrected chi connectivity index (χ0v) is 10.0. The van der Waals surface area contributed by atoms with Crippen LogP contribution < -0.4 is 0 Å². The van der Waals surface area contributed by atoms with Crippen LogP contribution in [0, 0.1) is 0 Å². The van der Waals surface area contributed by atoms with Gasteiger partial charge in [0.25, 0.3) is 0 Å². The van der Waals surface area contributed by atoms with Crippen molar-refractivity contribution in [2.75, 3.05) is 13.1 Å². The van der Waals surface area contributed by atoms with Gasteiger partial charge in [0.15, 0.2) is 5.78 Å². The SMILES string of the molecule is CC.O=C1C=CCN(Cc2ccccc2)C1. The highest BCUT2D eigenvalue weighted by atomic mass is 16.1. The minimum atomic E-state index is 0.201. The lowest BCUT2D eigenvalue weighted by Crippen LogP contribution is -2.31. The molecule has 86 valence electrons. The van der Waals surface area contributed by atoms with Crippen LogP contribution in [0.25, 0.3) is 0 Å². The lowest BCUT2D eigenvalue weighted by molar-refractivity contribution is -0.116. The Hall–Kier alpha value is -1.41. The second kappa shape index (κ2) is 6.96. The van der Waals surface area contributed by atoms with Gasteiger partial charge < -0.3 is 0 Å². The average Bonchev–Trinajstić information content (AvgIpc) is 2.33. The van der Waals surface area contributed by atoms with Gasteiger partial charge in [-0.1, -0.05) is 50.3 Å².